The third-order valence-corrected chi connectivity index (χ3v) is 6.89. The van der Waals surface area contributed by atoms with Gasteiger partial charge in [-0.1, -0.05) is 6.07 Å². The highest BCUT2D eigenvalue weighted by Gasteiger charge is 2.33. The fourth-order valence-corrected chi connectivity index (χ4v) is 4.42. The average molecular weight is 556 g/mol. The van der Waals surface area contributed by atoms with Crippen LogP contribution < -0.4 is 16.0 Å². The lowest BCUT2D eigenvalue weighted by molar-refractivity contribution is -0.637. The van der Waals surface area contributed by atoms with Crippen LogP contribution >= 0.6 is 0 Å². The van der Waals surface area contributed by atoms with Crippen molar-refractivity contribution in [2.75, 3.05) is 39.3 Å². The highest BCUT2D eigenvalue weighted by atomic mass is 19.4. The molecule has 4 rings (SSSR count). The molecule has 212 valence electrons. The monoisotopic (exact) mass is 555 g/mol. The Morgan fingerprint density at radius 1 is 1.10 bits per heavy atom. The molecule has 39 heavy (non-hydrogen) atoms. The van der Waals surface area contributed by atoms with Crippen molar-refractivity contribution in [1.29, 1.82) is 0 Å². The number of carbonyl (C=O) groups is 3. The lowest BCUT2D eigenvalue weighted by Gasteiger charge is -2.35. The van der Waals surface area contributed by atoms with Gasteiger partial charge in [-0.15, -0.1) is 0 Å². The van der Waals surface area contributed by atoms with Crippen LogP contribution in [0.4, 0.5) is 17.6 Å². The highest BCUT2D eigenvalue weighted by molar-refractivity contribution is 5.95. The minimum atomic E-state index is -5.19. The number of carboxylic acid groups (broad SMARTS) is 1. The number of halogens is 4. The van der Waals surface area contributed by atoms with Gasteiger partial charge in [-0.2, -0.15) is 18.3 Å². The molecule has 1 atom stereocenters. The fourth-order valence-electron chi connectivity index (χ4n) is 4.42. The van der Waals surface area contributed by atoms with Gasteiger partial charge in [-0.05, 0) is 37.1 Å². The molecule has 0 saturated carbocycles. The van der Waals surface area contributed by atoms with Gasteiger partial charge in [-0.25, -0.2) is 9.49 Å². The number of amides is 2. The Kier molecular flexibility index (Phi) is 9.43. The first-order valence-electron chi connectivity index (χ1n) is 12.3. The van der Waals surface area contributed by atoms with Crippen molar-refractivity contribution < 1.29 is 42.4 Å². The SMILES string of the molecule is Cc1c(Cc2ccc(F)c(C(=O)N3CCN(C(=O)C4CC[NH2+]C4)CC3)c2)n[nH]c(=O)c1C.O=C([O-])C(F)(F)F. The number of H-pyrrole nitrogens is 1. The Bertz CT molecular complexity index is 1280. The van der Waals surface area contributed by atoms with E-state index in [9.17, 15) is 31.9 Å². The van der Waals surface area contributed by atoms with Gasteiger partial charge in [0.1, 0.15) is 11.8 Å². The molecule has 1 aromatic heterocycles. The second-order valence-corrected chi connectivity index (χ2v) is 9.44. The third-order valence-electron chi connectivity index (χ3n) is 6.89. The summed E-state index contributed by atoms with van der Waals surface area (Å²) in [7, 11) is 0. The van der Waals surface area contributed by atoms with Crippen LogP contribution in [0.15, 0.2) is 23.0 Å². The number of nitrogens with one attached hydrogen (secondary N) is 1. The number of quaternary nitrogens is 1. The van der Waals surface area contributed by atoms with Crippen molar-refractivity contribution in [2.24, 2.45) is 5.92 Å². The van der Waals surface area contributed by atoms with E-state index >= 15 is 0 Å². The molecule has 0 aliphatic carbocycles. The molecule has 0 radical (unpaired) electrons. The van der Waals surface area contributed by atoms with Crippen LogP contribution in [0.3, 0.4) is 0 Å². The molecule has 2 fully saturated rings. The molecule has 2 aromatic rings. The smallest absolute Gasteiger partial charge is 0.430 e. The van der Waals surface area contributed by atoms with Crippen LogP contribution in [-0.2, 0) is 16.0 Å². The molecule has 2 aliphatic heterocycles. The van der Waals surface area contributed by atoms with Crippen molar-refractivity contribution in [1.82, 2.24) is 20.0 Å². The first kappa shape index (κ1) is 29.7. The molecule has 2 saturated heterocycles. The van der Waals surface area contributed by atoms with E-state index in [2.05, 4.69) is 15.5 Å². The number of carbonyl (C=O) groups excluding carboxylic acids is 3. The maximum atomic E-state index is 14.5. The number of nitrogens with zero attached hydrogens (tertiary/aromatic N) is 3. The van der Waals surface area contributed by atoms with Crippen LogP contribution in [0, 0.1) is 25.6 Å². The van der Waals surface area contributed by atoms with Gasteiger partial charge in [-0.3, -0.25) is 14.4 Å². The summed E-state index contributed by atoms with van der Waals surface area (Å²) in [6.07, 6.45) is -3.91. The van der Waals surface area contributed by atoms with E-state index in [-0.39, 0.29) is 28.9 Å². The van der Waals surface area contributed by atoms with Crippen molar-refractivity contribution >= 4 is 17.8 Å². The van der Waals surface area contributed by atoms with Gasteiger partial charge < -0.3 is 25.0 Å². The Balaban J connectivity index is 0.000000532. The number of piperazine rings is 1. The van der Waals surface area contributed by atoms with E-state index in [1.54, 1.807) is 24.0 Å². The van der Waals surface area contributed by atoms with E-state index in [1.807, 2.05) is 11.8 Å². The zero-order valence-corrected chi connectivity index (χ0v) is 21.4. The number of rotatable bonds is 4. The minimum absolute atomic E-state index is 0.0199. The number of aliphatic carboxylic acids is 1. The normalized spacial score (nSPS) is 17.4. The first-order valence-corrected chi connectivity index (χ1v) is 12.3. The van der Waals surface area contributed by atoms with Gasteiger partial charge >= 0.3 is 6.18 Å². The molecule has 2 amide bonds. The molecule has 0 bridgehead atoms. The summed E-state index contributed by atoms with van der Waals surface area (Å²) in [6, 6.07) is 4.49. The standard InChI is InChI=1S/C23H28FN5O3.C2HF3O2/c1-14-15(2)21(30)27-26-20(14)12-16-3-4-19(24)18(11-16)23(32)29-9-7-28(8-10-29)22(31)17-5-6-25-13-17;3-2(4,5)1(6)7/h3-4,11,17,25H,5-10,12-13H2,1-2H3,(H,27,30);(H,6,7). The number of aromatic amines is 1. The van der Waals surface area contributed by atoms with Gasteiger partial charge in [0, 0.05) is 44.6 Å². The van der Waals surface area contributed by atoms with E-state index in [0.717, 1.165) is 30.6 Å². The number of nitrogens with two attached hydrogens (primary N) is 1. The number of hydrogen-bond donors (Lipinski definition) is 2. The van der Waals surface area contributed by atoms with Crippen molar-refractivity contribution in [3.8, 4) is 0 Å². The summed E-state index contributed by atoms with van der Waals surface area (Å²) in [6.45, 7) is 7.11. The molecule has 2 aliphatic rings. The maximum Gasteiger partial charge on any atom is 0.430 e. The number of benzene rings is 1. The van der Waals surface area contributed by atoms with Crippen molar-refractivity contribution in [3.63, 3.8) is 0 Å². The predicted octanol–water partition coefficient (Wildman–Crippen LogP) is -0.717. The quantitative estimate of drug-likeness (QED) is 0.477. The number of carboxylic acids is 1. The Hall–Kier alpha value is -3.81. The lowest BCUT2D eigenvalue weighted by Crippen LogP contribution is -2.81. The van der Waals surface area contributed by atoms with Crippen LogP contribution in [0.1, 0.15) is 39.2 Å². The van der Waals surface area contributed by atoms with Gasteiger partial charge in [0.15, 0.2) is 0 Å². The fraction of sp³-hybridized carbons (Fsp3) is 0.480. The summed E-state index contributed by atoms with van der Waals surface area (Å²) in [5.41, 5.74) is 2.59. The second kappa shape index (κ2) is 12.4. The van der Waals surface area contributed by atoms with Crippen LogP contribution in [0.25, 0.3) is 0 Å². The summed E-state index contributed by atoms with van der Waals surface area (Å²) < 4.78 is 46.1. The summed E-state index contributed by atoms with van der Waals surface area (Å²) in [5, 5.41) is 17.5. The topological polar surface area (TPSA) is 143 Å². The summed E-state index contributed by atoms with van der Waals surface area (Å²) in [4.78, 5) is 49.6. The third kappa shape index (κ3) is 7.40. The molecular weight excluding hydrogens is 526 g/mol. The molecule has 1 unspecified atom stereocenters. The molecule has 3 heterocycles. The Labute approximate surface area is 221 Å². The zero-order valence-electron chi connectivity index (χ0n) is 21.4. The molecule has 0 spiro atoms. The zero-order chi connectivity index (χ0) is 28.9. The van der Waals surface area contributed by atoms with Crippen molar-refractivity contribution in [3.05, 3.63) is 62.3 Å². The summed E-state index contributed by atoms with van der Waals surface area (Å²) >= 11 is 0. The van der Waals surface area contributed by atoms with Crippen molar-refractivity contribution in [2.45, 2.75) is 32.9 Å². The Morgan fingerprint density at radius 2 is 1.72 bits per heavy atom. The van der Waals surface area contributed by atoms with E-state index < -0.39 is 18.0 Å². The molecular formula is C25H29F4N5O5. The van der Waals surface area contributed by atoms with E-state index in [4.69, 9.17) is 9.90 Å². The molecule has 1 aromatic carbocycles. The molecule has 10 nitrogen and oxygen atoms in total. The van der Waals surface area contributed by atoms with Crippen LogP contribution in [-0.4, -0.2) is 83.2 Å². The van der Waals surface area contributed by atoms with E-state index in [0.29, 0.717) is 43.9 Å². The van der Waals surface area contributed by atoms with Gasteiger partial charge in [0.05, 0.1) is 30.3 Å². The number of hydrogen-bond acceptors (Lipinski definition) is 6. The predicted molar refractivity (Wildman–Crippen MR) is 127 cm³/mol. The second-order valence-electron chi connectivity index (χ2n) is 9.44. The van der Waals surface area contributed by atoms with Gasteiger partial charge in [0.25, 0.3) is 11.5 Å². The lowest BCUT2D eigenvalue weighted by atomic mass is 10.0. The first-order chi connectivity index (χ1) is 18.3. The van der Waals surface area contributed by atoms with Gasteiger partial charge in [0.2, 0.25) is 5.91 Å². The van der Waals surface area contributed by atoms with Crippen LogP contribution in [0.5, 0.6) is 0 Å². The van der Waals surface area contributed by atoms with Crippen LogP contribution in [0.2, 0.25) is 0 Å². The molecule has 3 N–H and O–H groups in total. The number of aromatic nitrogens is 2. The summed E-state index contributed by atoms with van der Waals surface area (Å²) in [5.74, 6) is -3.71. The minimum Gasteiger partial charge on any atom is -0.542 e. The average Bonchev–Trinajstić information content (AvgIpc) is 3.44. The van der Waals surface area contributed by atoms with E-state index in [1.165, 1.54) is 6.07 Å². The molecule has 14 heteroatoms. The highest BCUT2D eigenvalue weighted by Crippen LogP contribution is 2.19. The number of alkyl halides is 3. The largest absolute Gasteiger partial charge is 0.542 e. The maximum absolute atomic E-state index is 14.5. The Morgan fingerprint density at radius 3 is 2.28 bits per heavy atom.